The highest BCUT2D eigenvalue weighted by atomic mass is 16.2. The van der Waals surface area contributed by atoms with Crippen LogP contribution >= 0.6 is 0 Å². The van der Waals surface area contributed by atoms with Gasteiger partial charge in [0.1, 0.15) is 0 Å². The molecule has 1 amide bonds. The number of fused-ring (bicyclic) bond motifs is 1. The molecule has 120 valence electrons. The second kappa shape index (κ2) is 6.45. The average Bonchev–Trinajstić information content (AvgIpc) is 2.60. The van der Waals surface area contributed by atoms with Crippen molar-refractivity contribution < 1.29 is 4.79 Å². The topological polar surface area (TPSA) is 46.3 Å². The standard InChI is InChI=1S/C20H24N2O/c1-3-15-9-11-16(12-10-15)14(2)20(23)22-13-5-6-17-18(21)7-4-8-19(17)22/h4,7-12,14H,3,5-6,13,21H2,1-2H3. The Labute approximate surface area is 138 Å². The van der Waals surface area contributed by atoms with Crippen LogP contribution in [-0.2, 0) is 17.6 Å². The summed E-state index contributed by atoms with van der Waals surface area (Å²) in [5.74, 6) is 0.00841. The van der Waals surface area contributed by atoms with Crippen molar-refractivity contribution in [1.82, 2.24) is 0 Å². The second-order valence-electron chi connectivity index (χ2n) is 6.26. The van der Waals surface area contributed by atoms with Crippen LogP contribution in [0.5, 0.6) is 0 Å². The molecule has 0 aliphatic carbocycles. The summed E-state index contributed by atoms with van der Waals surface area (Å²) < 4.78 is 0. The number of carbonyl (C=O) groups is 1. The smallest absolute Gasteiger partial charge is 0.234 e. The van der Waals surface area contributed by atoms with Crippen molar-refractivity contribution in [3.05, 3.63) is 59.2 Å². The van der Waals surface area contributed by atoms with Gasteiger partial charge in [-0.25, -0.2) is 0 Å². The second-order valence-corrected chi connectivity index (χ2v) is 6.26. The number of aryl methyl sites for hydroxylation is 1. The monoisotopic (exact) mass is 308 g/mol. The molecule has 3 nitrogen and oxygen atoms in total. The summed E-state index contributed by atoms with van der Waals surface area (Å²) in [4.78, 5) is 14.9. The lowest BCUT2D eigenvalue weighted by Gasteiger charge is -2.32. The van der Waals surface area contributed by atoms with E-state index < -0.39 is 0 Å². The van der Waals surface area contributed by atoms with Crippen molar-refractivity contribution in [2.24, 2.45) is 0 Å². The first-order valence-corrected chi connectivity index (χ1v) is 8.39. The zero-order chi connectivity index (χ0) is 16.4. The first kappa shape index (κ1) is 15.6. The molecule has 0 radical (unpaired) electrons. The van der Waals surface area contributed by atoms with Gasteiger partial charge in [0.05, 0.1) is 5.92 Å². The van der Waals surface area contributed by atoms with E-state index in [0.717, 1.165) is 48.3 Å². The fraction of sp³-hybridized carbons (Fsp3) is 0.350. The molecule has 0 fully saturated rings. The summed E-state index contributed by atoms with van der Waals surface area (Å²) in [6, 6.07) is 14.2. The third-order valence-corrected chi connectivity index (χ3v) is 4.81. The fourth-order valence-corrected chi connectivity index (χ4v) is 3.30. The minimum absolute atomic E-state index is 0.145. The van der Waals surface area contributed by atoms with Crippen LogP contribution in [0.2, 0.25) is 0 Å². The van der Waals surface area contributed by atoms with Crippen molar-refractivity contribution in [1.29, 1.82) is 0 Å². The van der Waals surface area contributed by atoms with E-state index in [0.29, 0.717) is 0 Å². The minimum Gasteiger partial charge on any atom is -0.398 e. The molecule has 0 aromatic heterocycles. The Kier molecular flexibility index (Phi) is 4.37. The molecule has 1 heterocycles. The maximum absolute atomic E-state index is 13.0. The molecule has 0 spiro atoms. The van der Waals surface area contributed by atoms with Gasteiger partial charge in [0.25, 0.3) is 0 Å². The minimum atomic E-state index is -0.145. The molecule has 0 saturated carbocycles. The van der Waals surface area contributed by atoms with Gasteiger partial charge in [-0.3, -0.25) is 4.79 Å². The van der Waals surface area contributed by atoms with E-state index in [1.54, 1.807) is 0 Å². The number of carbonyl (C=O) groups excluding carboxylic acids is 1. The van der Waals surface area contributed by atoms with E-state index in [2.05, 4.69) is 31.2 Å². The van der Waals surface area contributed by atoms with Crippen LogP contribution in [0, 0.1) is 0 Å². The highest BCUT2D eigenvalue weighted by molar-refractivity contribution is 5.99. The molecule has 2 N–H and O–H groups in total. The van der Waals surface area contributed by atoms with Gasteiger partial charge >= 0.3 is 0 Å². The Balaban J connectivity index is 1.87. The Morgan fingerprint density at radius 3 is 2.65 bits per heavy atom. The molecule has 0 bridgehead atoms. The van der Waals surface area contributed by atoms with Gasteiger partial charge in [0, 0.05) is 17.9 Å². The number of nitrogens with two attached hydrogens (primary N) is 1. The molecule has 3 rings (SSSR count). The SMILES string of the molecule is CCc1ccc(C(C)C(=O)N2CCCc3c(N)cccc32)cc1. The highest BCUT2D eigenvalue weighted by Crippen LogP contribution is 2.33. The van der Waals surface area contributed by atoms with Crippen LogP contribution in [0.4, 0.5) is 11.4 Å². The maximum Gasteiger partial charge on any atom is 0.234 e. The van der Waals surface area contributed by atoms with Gasteiger partial charge in [-0.2, -0.15) is 0 Å². The highest BCUT2D eigenvalue weighted by Gasteiger charge is 2.27. The lowest BCUT2D eigenvalue weighted by atomic mass is 9.94. The van der Waals surface area contributed by atoms with Crippen LogP contribution in [0.25, 0.3) is 0 Å². The number of anilines is 2. The summed E-state index contributed by atoms with van der Waals surface area (Å²) >= 11 is 0. The molecule has 2 aromatic rings. The molecular formula is C20H24N2O. The number of hydrogen-bond donors (Lipinski definition) is 1. The molecule has 1 aliphatic heterocycles. The van der Waals surface area contributed by atoms with Crippen LogP contribution < -0.4 is 10.6 Å². The lowest BCUT2D eigenvalue weighted by Crippen LogP contribution is -2.38. The Hall–Kier alpha value is -2.29. The summed E-state index contributed by atoms with van der Waals surface area (Å²) in [5, 5.41) is 0. The maximum atomic E-state index is 13.0. The van der Waals surface area contributed by atoms with Crippen molar-refractivity contribution in [3.8, 4) is 0 Å². The first-order chi connectivity index (χ1) is 11.1. The van der Waals surface area contributed by atoms with Gasteiger partial charge in [0.2, 0.25) is 5.91 Å². The van der Waals surface area contributed by atoms with Crippen LogP contribution in [0.3, 0.4) is 0 Å². The zero-order valence-corrected chi connectivity index (χ0v) is 13.9. The first-order valence-electron chi connectivity index (χ1n) is 8.39. The number of nitrogen functional groups attached to an aromatic ring is 1. The van der Waals surface area contributed by atoms with Crippen LogP contribution in [-0.4, -0.2) is 12.5 Å². The van der Waals surface area contributed by atoms with Gasteiger partial charge in [0.15, 0.2) is 0 Å². The molecule has 1 atom stereocenters. The third kappa shape index (κ3) is 2.96. The summed E-state index contributed by atoms with van der Waals surface area (Å²) in [6.07, 6.45) is 2.93. The zero-order valence-electron chi connectivity index (χ0n) is 13.9. The Morgan fingerprint density at radius 2 is 1.96 bits per heavy atom. The van der Waals surface area contributed by atoms with E-state index in [1.165, 1.54) is 5.56 Å². The van der Waals surface area contributed by atoms with Gasteiger partial charge in [-0.15, -0.1) is 0 Å². The van der Waals surface area contributed by atoms with Crippen molar-refractivity contribution in [2.75, 3.05) is 17.2 Å². The number of hydrogen-bond acceptors (Lipinski definition) is 2. The van der Waals surface area contributed by atoms with E-state index in [9.17, 15) is 4.79 Å². The van der Waals surface area contributed by atoms with E-state index in [-0.39, 0.29) is 11.8 Å². The van der Waals surface area contributed by atoms with Crippen molar-refractivity contribution >= 4 is 17.3 Å². The molecule has 1 aliphatic rings. The van der Waals surface area contributed by atoms with Gasteiger partial charge in [-0.1, -0.05) is 37.3 Å². The molecule has 2 aromatic carbocycles. The number of benzene rings is 2. The predicted octanol–water partition coefficient (Wildman–Crippen LogP) is 3.91. The van der Waals surface area contributed by atoms with E-state index in [1.807, 2.05) is 30.0 Å². The van der Waals surface area contributed by atoms with E-state index >= 15 is 0 Å². The van der Waals surface area contributed by atoms with Gasteiger partial charge < -0.3 is 10.6 Å². The fourth-order valence-electron chi connectivity index (χ4n) is 3.30. The predicted molar refractivity (Wildman–Crippen MR) is 95.8 cm³/mol. The Bertz CT molecular complexity index is 706. The number of nitrogens with zero attached hydrogens (tertiary/aromatic N) is 1. The van der Waals surface area contributed by atoms with Crippen molar-refractivity contribution in [3.63, 3.8) is 0 Å². The molecular weight excluding hydrogens is 284 g/mol. The molecule has 1 unspecified atom stereocenters. The third-order valence-electron chi connectivity index (χ3n) is 4.81. The number of rotatable bonds is 3. The quantitative estimate of drug-likeness (QED) is 0.874. The van der Waals surface area contributed by atoms with Crippen LogP contribution in [0.1, 0.15) is 42.9 Å². The van der Waals surface area contributed by atoms with Crippen molar-refractivity contribution in [2.45, 2.75) is 39.0 Å². The summed E-state index contributed by atoms with van der Waals surface area (Å²) in [5.41, 5.74) is 11.3. The molecule has 23 heavy (non-hydrogen) atoms. The van der Waals surface area contributed by atoms with Gasteiger partial charge in [-0.05, 0) is 55.0 Å². The average molecular weight is 308 g/mol. The Morgan fingerprint density at radius 1 is 1.22 bits per heavy atom. The largest absolute Gasteiger partial charge is 0.398 e. The van der Waals surface area contributed by atoms with Crippen LogP contribution in [0.15, 0.2) is 42.5 Å². The molecule has 3 heteroatoms. The number of amides is 1. The molecule has 0 saturated heterocycles. The van der Waals surface area contributed by atoms with E-state index in [4.69, 9.17) is 5.73 Å². The summed E-state index contributed by atoms with van der Waals surface area (Å²) in [6.45, 7) is 4.90. The normalized spacial score (nSPS) is 15.1. The summed E-state index contributed by atoms with van der Waals surface area (Å²) in [7, 11) is 0. The lowest BCUT2D eigenvalue weighted by molar-refractivity contribution is -0.119.